The number of allylic oxidation sites excluding steroid dienone is 8. The summed E-state index contributed by atoms with van der Waals surface area (Å²) in [5.41, 5.74) is 0. The Kier molecular flexibility index (Phi) is 43.4. The van der Waals surface area contributed by atoms with Crippen LogP contribution in [0.1, 0.15) is 213 Å². The number of aliphatic hydroxyl groups excluding tert-OH is 2. The third-order valence-corrected chi connectivity index (χ3v) is 11.3. The van der Waals surface area contributed by atoms with Gasteiger partial charge in [-0.1, -0.05) is 210 Å². The number of phosphoric acid groups is 1. The molecule has 0 aromatic rings. The van der Waals surface area contributed by atoms with Crippen molar-refractivity contribution in [3.05, 3.63) is 48.6 Å². The molecular formula is C49H89O10P. The van der Waals surface area contributed by atoms with Crippen LogP contribution in [0.15, 0.2) is 48.6 Å². The van der Waals surface area contributed by atoms with Crippen LogP contribution in [-0.2, 0) is 32.7 Å². The van der Waals surface area contributed by atoms with E-state index in [0.717, 1.165) is 44.9 Å². The van der Waals surface area contributed by atoms with Crippen molar-refractivity contribution in [2.75, 3.05) is 26.4 Å². The number of carbonyl (C=O) groups excluding carboxylic acids is 2. The predicted octanol–water partition coefficient (Wildman–Crippen LogP) is 13.3. The minimum atomic E-state index is -4.66. The summed E-state index contributed by atoms with van der Waals surface area (Å²) in [5.74, 6) is -1.10. The fraction of sp³-hybridized carbons (Fsp3) is 0.796. The van der Waals surface area contributed by atoms with Crippen LogP contribution in [0.5, 0.6) is 0 Å². The number of hydrogen-bond acceptors (Lipinski definition) is 9. The van der Waals surface area contributed by atoms with Crippen LogP contribution in [0, 0.1) is 0 Å². The maximum atomic E-state index is 12.4. The standard InChI is InChI=1S/C49H89O10P/c1-3-5-7-9-11-13-15-17-18-19-20-21-22-23-24-25-26-27-29-31-33-35-37-39-41-49(53)59-47(43-51)45-57-60(54,55)56-44-46(42-50)58-48(52)40-38-36-34-32-30-28-16-14-12-10-8-6-4-2/h6,8,12,14,28,30,34,36,46-47,50-51H,3-5,7,9-11,13,15-27,29,31-33,35,37-45H2,1-2H3,(H,54,55)/b8-6-,14-12-,30-28-,36-34-. The van der Waals surface area contributed by atoms with E-state index in [2.05, 4.69) is 44.2 Å². The van der Waals surface area contributed by atoms with Gasteiger partial charge in [0.15, 0.2) is 0 Å². The number of carbonyl (C=O) groups is 2. The highest BCUT2D eigenvalue weighted by atomic mass is 31.2. The van der Waals surface area contributed by atoms with Gasteiger partial charge in [-0.05, 0) is 38.5 Å². The predicted molar refractivity (Wildman–Crippen MR) is 247 cm³/mol. The van der Waals surface area contributed by atoms with Crippen molar-refractivity contribution in [1.82, 2.24) is 0 Å². The highest BCUT2D eigenvalue weighted by molar-refractivity contribution is 7.47. The molecule has 0 aromatic carbocycles. The maximum Gasteiger partial charge on any atom is 0.472 e. The largest absolute Gasteiger partial charge is 0.472 e. The van der Waals surface area contributed by atoms with Crippen molar-refractivity contribution in [2.45, 2.75) is 225 Å². The first-order chi connectivity index (χ1) is 29.3. The zero-order valence-corrected chi connectivity index (χ0v) is 39.1. The SMILES string of the molecule is CC/C=C\C/C=C\C/C=C\C/C=C\CCC(=O)OC(CO)COP(=O)(O)OCC(CO)OC(=O)CCCCCCCCCCCCCCCCCCCCCCCCCC. The van der Waals surface area contributed by atoms with Crippen molar-refractivity contribution in [3.63, 3.8) is 0 Å². The summed E-state index contributed by atoms with van der Waals surface area (Å²) in [6.45, 7) is 2.03. The Bertz CT molecular complexity index is 1140. The number of unbranched alkanes of at least 4 members (excludes halogenated alkanes) is 23. The third kappa shape index (κ3) is 42.6. The van der Waals surface area contributed by atoms with Crippen LogP contribution in [0.2, 0.25) is 0 Å². The van der Waals surface area contributed by atoms with E-state index < -0.39 is 58.4 Å². The second-order valence-corrected chi connectivity index (χ2v) is 17.5. The molecule has 0 aliphatic rings. The highest BCUT2D eigenvalue weighted by Crippen LogP contribution is 2.43. The summed E-state index contributed by atoms with van der Waals surface area (Å²) in [7, 11) is -4.66. The fourth-order valence-electron chi connectivity index (χ4n) is 6.66. The Labute approximate surface area is 366 Å². The normalized spacial score (nSPS) is 14.2. The minimum Gasteiger partial charge on any atom is -0.457 e. The van der Waals surface area contributed by atoms with E-state index in [1.165, 1.54) is 128 Å². The smallest absolute Gasteiger partial charge is 0.457 e. The molecule has 0 heterocycles. The monoisotopic (exact) mass is 869 g/mol. The van der Waals surface area contributed by atoms with E-state index in [4.69, 9.17) is 18.5 Å². The van der Waals surface area contributed by atoms with Crippen molar-refractivity contribution >= 4 is 19.8 Å². The topological polar surface area (TPSA) is 149 Å². The number of rotatable bonds is 45. The molecule has 350 valence electrons. The molecule has 60 heavy (non-hydrogen) atoms. The van der Waals surface area contributed by atoms with Gasteiger partial charge < -0.3 is 24.6 Å². The Balaban J connectivity index is 3.84. The Morgan fingerprint density at radius 3 is 1.13 bits per heavy atom. The molecule has 0 aromatic heterocycles. The number of aliphatic hydroxyl groups is 2. The van der Waals surface area contributed by atoms with E-state index >= 15 is 0 Å². The second-order valence-electron chi connectivity index (χ2n) is 16.1. The number of hydrogen-bond donors (Lipinski definition) is 3. The summed E-state index contributed by atoms with van der Waals surface area (Å²) in [4.78, 5) is 34.5. The van der Waals surface area contributed by atoms with E-state index in [-0.39, 0.29) is 12.8 Å². The Morgan fingerprint density at radius 2 is 0.783 bits per heavy atom. The van der Waals surface area contributed by atoms with Gasteiger partial charge in [-0.15, -0.1) is 0 Å². The van der Waals surface area contributed by atoms with Gasteiger partial charge in [-0.3, -0.25) is 18.6 Å². The zero-order valence-electron chi connectivity index (χ0n) is 38.2. The van der Waals surface area contributed by atoms with Gasteiger partial charge in [0.2, 0.25) is 0 Å². The van der Waals surface area contributed by atoms with Gasteiger partial charge in [0, 0.05) is 12.8 Å². The molecule has 3 unspecified atom stereocenters. The Morgan fingerprint density at radius 1 is 0.467 bits per heavy atom. The molecule has 10 nitrogen and oxygen atoms in total. The van der Waals surface area contributed by atoms with Crippen molar-refractivity contribution in [2.24, 2.45) is 0 Å². The lowest BCUT2D eigenvalue weighted by Gasteiger charge is -2.20. The number of esters is 2. The molecule has 0 bridgehead atoms. The van der Waals surface area contributed by atoms with Crippen LogP contribution < -0.4 is 0 Å². The molecule has 0 fully saturated rings. The number of ether oxygens (including phenoxy) is 2. The zero-order chi connectivity index (χ0) is 44.0. The van der Waals surface area contributed by atoms with Crippen molar-refractivity contribution in [3.8, 4) is 0 Å². The van der Waals surface area contributed by atoms with Crippen molar-refractivity contribution in [1.29, 1.82) is 0 Å². The lowest BCUT2D eigenvalue weighted by molar-refractivity contribution is -0.153. The Hall–Kier alpha value is -2.07. The van der Waals surface area contributed by atoms with Gasteiger partial charge in [-0.2, -0.15) is 0 Å². The van der Waals surface area contributed by atoms with Gasteiger partial charge >= 0.3 is 19.8 Å². The average molecular weight is 869 g/mol. The number of phosphoric ester groups is 1. The first kappa shape index (κ1) is 57.9. The molecule has 3 atom stereocenters. The van der Waals surface area contributed by atoms with E-state index in [1.807, 2.05) is 18.2 Å². The molecule has 0 rings (SSSR count). The summed E-state index contributed by atoms with van der Waals surface area (Å²) in [5, 5.41) is 19.2. The summed E-state index contributed by atoms with van der Waals surface area (Å²) >= 11 is 0. The minimum absolute atomic E-state index is 0.0706. The lowest BCUT2D eigenvalue weighted by Crippen LogP contribution is -2.28. The summed E-state index contributed by atoms with van der Waals surface area (Å²) in [6, 6.07) is 0. The molecule has 0 amide bonds. The molecular weight excluding hydrogens is 780 g/mol. The van der Waals surface area contributed by atoms with Crippen LogP contribution >= 0.6 is 7.82 Å². The van der Waals surface area contributed by atoms with Crippen LogP contribution in [-0.4, -0.2) is 65.7 Å². The van der Waals surface area contributed by atoms with Gasteiger partial charge in [0.25, 0.3) is 0 Å². The average Bonchev–Trinajstić information content (AvgIpc) is 3.24. The third-order valence-electron chi connectivity index (χ3n) is 10.3. The summed E-state index contributed by atoms with van der Waals surface area (Å²) in [6.07, 6.45) is 49.8. The molecule has 0 saturated carbocycles. The van der Waals surface area contributed by atoms with Crippen molar-refractivity contribution < 1.29 is 47.8 Å². The summed E-state index contributed by atoms with van der Waals surface area (Å²) < 4.78 is 32.5. The van der Waals surface area contributed by atoms with E-state index in [9.17, 15) is 29.3 Å². The molecule has 11 heteroatoms. The van der Waals surface area contributed by atoms with E-state index in [0.29, 0.717) is 12.8 Å². The first-order valence-corrected chi connectivity index (χ1v) is 25.6. The van der Waals surface area contributed by atoms with Crippen LogP contribution in [0.25, 0.3) is 0 Å². The van der Waals surface area contributed by atoms with Gasteiger partial charge in [0.05, 0.1) is 26.4 Å². The van der Waals surface area contributed by atoms with Gasteiger partial charge in [-0.25, -0.2) is 4.57 Å². The first-order valence-electron chi connectivity index (χ1n) is 24.1. The lowest BCUT2D eigenvalue weighted by atomic mass is 10.0. The molecule has 0 aliphatic heterocycles. The molecule has 0 radical (unpaired) electrons. The second kappa shape index (κ2) is 45.0. The molecule has 0 saturated heterocycles. The molecule has 3 N–H and O–H groups in total. The maximum absolute atomic E-state index is 12.4. The van der Waals surface area contributed by atoms with E-state index in [1.54, 1.807) is 0 Å². The van der Waals surface area contributed by atoms with Crippen LogP contribution in [0.4, 0.5) is 0 Å². The molecule has 0 spiro atoms. The van der Waals surface area contributed by atoms with Gasteiger partial charge in [0.1, 0.15) is 12.2 Å². The molecule has 0 aliphatic carbocycles. The van der Waals surface area contributed by atoms with Crippen LogP contribution in [0.3, 0.4) is 0 Å². The fourth-order valence-corrected chi connectivity index (χ4v) is 7.44. The quantitative estimate of drug-likeness (QED) is 0.0234. The highest BCUT2D eigenvalue weighted by Gasteiger charge is 2.27.